The average Bonchev–Trinajstić information content (AvgIpc) is 3.12. The van der Waals surface area contributed by atoms with Gasteiger partial charge in [0.15, 0.2) is 0 Å². The fourth-order valence-corrected chi connectivity index (χ4v) is 3.30. The molecule has 0 spiro atoms. The smallest absolute Gasteiger partial charge is 0.321 e. The van der Waals surface area contributed by atoms with E-state index in [1.54, 1.807) is 34.3 Å². The highest BCUT2D eigenvalue weighted by molar-refractivity contribution is 6.07. The summed E-state index contributed by atoms with van der Waals surface area (Å²) < 4.78 is 5.27. The first-order valence-corrected chi connectivity index (χ1v) is 8.71. The molecule has 1 aromatic carbocycles. The van der Waals surface area contributed by atoms with Crippen LogP contribution in [0.15, 0.2) is 42.7 Å². The second-order valence-electron chi connectivity index (χ2n) is 6.32. The number of fused-ring (bicyclic) bond motifs is 1. The fourth-order valence-electron chi connectivity index (χ4n) is 3.30. The maximum absolute atomic E-state index is 12.7. The summed E-state index contributed by atoms with van der Waals surface area (Å²) in [5.41, 5.74) is 3.27. The van der Waals surface area contributed by atoms with Crippen LogP contribution < -0.4 is 10.2 Å². The van der Waals surface area contributed by atoms with E-state index >= 15 is 0 Å². The van der Waals surface area contributed by atoms with Gasteiger partial charge in [-0.05, 0) is 42.3 Å². The summed E-state index contributed by atoms with van der Waals surface area (Å²) in [4.78, 5) is 32.5. The van der Waals surface area contributed by atoms with Gasteiger partial charge in [0.25, 0.3) is 5.91 Å². The predicted molar refractivity (Wildman–Crippen MR) is 97.5 cm³/mol. The summed E-state index contributed by atoms with van der Waals surface area (Å²) in [6, 6.07) is 9.09. The van der Waals surface area contributed by atoms with Gasteiger partial charge in [-0.15, -0.1) is 0 Å². The number of rotatable bonds is 2. The van der Waals surface area contributed by atoms with Crippen molar-refractivity contribution in [2.24, 2.45) is 0 Å². The number of carbonyl (C=O) groups excluding carboxylic acids is 2. The molecule has 1 N–H and O–H groups in total. The van der Waals surface area contributed by atoms with E-state index in [9.17, 15) is 9.59 Å². The minimum Gasteiger partial charge on any atom is -0.378 e. The number of aromatic nitrogens is 1. The van der Waals surface area contributed by atoms with E-state index in [-0.39, 0.29) is 11.9 Å². The van der Waals surface area contributed by atoms with Crippen LogP contribution >= 0.6 is 0 Å². The van der Waals surface area contributed by atoms with Crippen molar-refractivity contribution in [3.63, 3.8) is 0 Å². The molecule has 3 amide bonds. The molecule has 1 saturated heterocycles. The number of urea groups is 1. The molecular formula is C19H20N4O3. The Morgan fingerprint density at radius 1 is 1.12 bits per heavy atom. The van der Waals surface area contributed by atoms with Crippen LogP contribution in [0.2, 0.25) is 0 Å². The van der Waals surface area contributed by atoms with Crippen LogP contribution in [0.4, 0.5) is 16.2 Å². The van der Waals surface area contributed by atoms with Crippen LogP contribution in [0.3, 0.4) is 0 Å². The zero-order valence-electron chi connectivity index (χ0n) is 14.4. The Morgan fingerprint density at radius 2 is 1.96 bits per heavy atom. The summed E-state index contributed by atoms with van der Waals surface area (Å²) in [7, 11) is 0. The number of morpholine rings is 1. The minimum atomic E-state index is -0.116. The molecule has 1 fully saturated rings. The lowest BCUT2D eigenvalue weighted by atomic mass is 10.1. The third-order valence-electron chi connectivity index (χ3n) is 4.68. The first-order chi connectivity index (χ1) is 12.7. The Bertz CT molecular complexity index is 819. The molecule has 26 heavy (non-hydrogen) atoms. The summed E-state index contributed by atoms with van der Waals surface area (Å²) in [5, 5.41) is 2.94. The second-order valence-corrected chi connectivity index (χ2v) is 6.32. The molecule has 0 aliphatic carbocycles. The first kappa shape index (κ1) is 16.5. The average molecular weight is 352 g/mol. The van der Waals surface area contributed by atoms with Crippen LogP contribution in [0.1, 0.15) is 15.9 Å². The molecule has 0 radical (unpaired) electrons. The van der Waals surface area contributed by atoms with Crippen LogP contribution in [-0.4, -0.2) is 54.7 Å². The standard InChI is InChI=1S/C19H20N4O3/c24-18(15-2-1-6-20-13-15)23-7-5-14-12-16(3-4-17(14)23)21-19(25)22-8-10-26-11-9-22/h1-4,6,12-13H,5,7-11H2,(H,21,25). The zero-order chi connectivity index (χ0) is 17.9. The van der Waals surface area contributed by atoms with Gasteiger partial charge >= 0.3 is 6.03 Å². The molecule has 0 atom stereocenters. The van der Waals surface area contributed by atoms with Crippen molar-refractivity contribution < 1.29 is 14.3 Å². The SMILES string of the molecule is O=C(Nc1ccc2c(c1)CCN2C(=O)c1cccnc1)N1CCOCC1. The van der Waals surface area contributed by atoms with E-state index in [4.69, 9.17) is 4.74 Å². The molecule has 0 unspecified atom stereocenters. The number of carbonyl (C=O) groups is 2. The summed E-state index contributed by atoms with van der Waals surface area (Å²) in [6.45, 7) is 2.98. The predicted octanol–water partition coefficient (Wildman–Crippen LogP) is 2.15. The van der Waals surface area contributed by atoms with E-state index < -0.39 is 0 Å². The van der Waals surface area contributed by atoms with E-state index in [1.165, 1.54) is 0 Å². The van der Waals surface area contributed by atoms with E-state index in [1.807, 2.05) is 18.2 Å². The van der Waals surface area contributed by atoms with Crippen molar-refractivity contribution in [1.29, 1.82) is 0 Å². The number of amides is 3. The van der Waals surface area contributed by atoms with Crippen molar-refractivity contribution in [2.45, 2.75) is 6.42 Å². The van der Waals surface area contributed by atoms with Gasteiger partial charge in [0.1, 0.15) is 0 Å². The van der Waals surface area contributed by atoms with Crippen molar-refractivity contribution in [3.05, 3.63) is 53.9 Å². The van der Waals surface area contributed by atoms with Crippen LogP contribution in [0, 0.1) is 0 Å². The molecule has 0 bridgehead atoms. The molecular weight excluding hydrogens is 332 g/mol. The van der Waals surface area contributed by atoms with Crippen molar-refractivity contribution in [3.8, 4) is 0 Å². The van der Waals surface area contributed by atoms with Crippen LogP contribution in [-0.2, 0) is 11.2 Å². The molecule has 3 heterocycles. The lowest BCUT2D eigenvalue weighted by Crippen LogP contribution is -2.43. The fraction of sp³-hybridized carbons (Fsp3) is 0.316. The Kier molecular flexibility index (Phi) is 4.53. The number of hydrogen-bond acceptors (Lipinski definition) is 4. The lowest BCUT2D eigenvalue weighted by Gasteiger charge is -2.27. The molecule has 7 nitrogen and oxygen atoms in total. The Hall–Kier alpha value is -2.93. The number of hydrogen-bond donors (Lipinski definition) is 1. The Morgan fingerprint density at radius 3 is 2.73 bits per heavy atom. The molecule has 2 aromatic rings. The highest BCUT2D eigenvalue weighted by atomic mass is 16.5. The van der Waals surface area contributed by atoms with Gasteiger partial charge in [0, 0.05) is 43.4 Å². The number of pyridine rings is 1. The van der Waals surface area contributed by atoms with Crippen molar-refractivity contribution >= 4 is 23.3 Å². The molecule has 0 saturated carbocycles. The molecule has 7 heteroatoms. The highest BCUT2D eigenvalue weighted by Gasteiger charge is 2.26. The third kappa shape index (κ3) is 3.25. The Labute approximate surface area is 151 Å². The molecule has 4 rings (SSSR count). The van der Waals surface area contributed by atoms with E-state index in [0.29, 0.717) is 38.4 Å². The highest BCUT2D eigenvalue weighted by Crippen LogP contribution is 2.31. The minimum absolute atomic E-state index is 0.0537. The van der Waals surface area contributed by atoms with Gasteiger partial charge < -0.3 is 19.9 Å². The van der Waals surface area contributed by atoms with E-state index in [2.05, 4.69) is 10.3 Å². The normalized spacial score (nSPS) is 16.3. The van der Waals surface area contributed by atoms with Gasteiger partial charge in [-0.25, -0.2) is 4.79 Å². The number of nitrogens with zero attached hydrogens (tertiary/aromatic N) is 3. The third-order valence-corrected chi connectivity index (χ3v) is 4.68. The van der Waals surface area contributed by atoms with Gasteiger partial charge in [-0.2, -0.15) is 0 Å². The molecule has 134 valence electrons. The maximum atomic E-state index is 12.7. The quantitative estimate of drug-likeness (QED) is 0.899. The van der Waals surface area contributed by atoms with Crippen molar-refractivity contribution in [1.82, 2.24) is 9.88 Å². The summed E-state index contributed by atoms with van der Waals surface area (Å²) >= 11 is 0. The molecule has 1 aromatic heterocycles. The lowest BCUT2D eigenvalue weighted by molar-refractivity contribution is 0.0564. The van der Waals surface area contributed by atoms with Gasteiger partial charge in [-0.3, -0.25) is 9.78 Å². The number of benzene rings is 1. The summed E-state index contributed by atoms with van der Waals surface area (Å²) in [5.74, 6) is -0.0537. The largest absolute Gasteiger partial charge is 0.378 e. The van der Waals surface area contributed by atoms with E-state index in [0.717, 1.165) is 23.4 Å². The molecule has 2 aliphatic heterocycles. The number of nitrogens with one attached hydrogen (secondary N) is 1. The topological polar surface area (TPSA) is 74.8 Å². The number of anilines is 2. The monoisotopic (exact) mass is 352 g/mol. The van der Waals surface area contributed by atoms with Gasteiger partial charge in [0.05, 0.1) is 18.8 Å². The second kappa shape index (κ2) is 7.13. The van der Waals surface area contributed by atoms with Crippen LogP contribution in [0.5, 0.6) is 0 Å². The van der Waals surface area contributed by atoms with Gasteiger partial charge in [-0.1, -0.05) is 0 Å². The number of ether oxygens (including phenoxy) is 1. The molecule has 2 aliphatic rings. The van der Waals surface area contributed by atoms with Crippen molar-refractivity contribution in [2.75, 3.05) is 43.1 Å². The maximum Gasteiger partial charge on any atom is 0.321 e. The van der Waals surface area contributed by atoms with Crippen LogP contribution in [0.25, 0.3) is 0 Å². The first-order valence-electron chi connectivity index (χ1n) is 8.71. The summed E-state index contributed by atoms with van der Waals surface area (Å²) in [6.07, 6.45) is 4.00. The van der Waals surface area contributed by atoms with Gasteiger partial charge in [0.2, 0.25) is 0 Å². The Balaban J connectivity index is 1.48. The zero-order valence-corrected chi connectivity index (χ0v) is 14.4.